The minimum atomic E-state index is -0.711. The zero-order valence-corrected chi connectivity index (χ0v) is 11.3. The Morgan fingerprint density at radius 2 is 1.75 bits per heavy atom. The maximum atomic E-state index is 11.7. The summed E-state index contributed by atoms with van der Waals surface area (Å²) in [5.74, 6) is 0. The number of hydrogen-bond acceptors (Lipinski definition) is 2. The number of urea groups is 1. The second kappa shape index (κ2) is 6.73. The second-order valence-corrected chi connectivity index (χ2v) is 4.63. The molecule has 20 heavy (non-hydrogen) atoms. The number of benzene rings is 2. The highest BCUT2D eigenvalue weighted by molar-refractivity contribution is 5.89. The van der Waals surface area contributed by atoms with Crippen molar-refractivity contribution in [2.45, 2.75) is 13.0 Å². The van der Waals surface area contributed by atoms with Gasteiger partial charge in [-0.05, 0) is 24.6 Å². The fourth-order valence-electron chi connectivity index (χ4n) is 1.79. The molecule has 104 valence electrons. The van der Waals surface area contributed by atoms with E-state index in [2.05, 4.69) is 10.6 Å². The van der Waals surface area contributed by atoms with E-state index in [1.165, 1.54) is 0 Å². The number of aliphatic hydroxyl groups is 1. The summed E-state index contributed by atoms with van der Waals surface area (Å²) in [6.45, 7) is 2.16. The Labute approximate surface area is 118 Å². The summed E-state index contributed by atoms with van der Waals surface area (Å²) < 4.78 is 0. The van der Waals surface area contributed by atoms with Crippen molar-refractivity contribution in [1.29, 1.82) is 0 Å². The highest BCUT2D eigenvalue weighted by Crippen LogP contribution is 2.12. The van der Waals surface area contributed by atoms with Crippen molar-refractivity contribution in [2.75, 3.05) is 11.9 Å². The van der Waals surface area contributed by atoms with E-state index >= 15 is 0 Å². The number of hydrogen-bond donors (Lipinski definition) is 3. The molecule has 0 aliphatic heterocycles. The first kappa shape index (κ1) is 14.1. The van der Waals surface area contributed by atoms with E-state index < -0.39 is 6.10 Å². The lowest BCUT2D eigenvalue weighted by Gasteiger charge is -2.13. The predicted molar refractivity (Wildman–Crippen MR) is 79.6 cm³/mol. The standard InChI is InChI=1S/C16H18N2O2/c1-12-7-9-13(10-8-12)15(19)11-17-16(20)18-14-5-3-2-4-6-14/h2-10,15,19H,11H2,1H3,(H2,17,18,20)/t15-/m1/s1. The third kappa shape index (κ3) is 4.10. The molecule has 0 aliphatic rings. The van der Waals surface area contributed by atoms with Gasteiger partial charge in [-0.3, -0.25) is 0 Å². The summed E-state index contributed by atoms with van der Waals surface area (Å²) in [5.41, 5.74) is 2.64. The van der Waals surface area contributed by atoms with E-state index in [9.17, 15) is 9.90 Å². The summed E-state index contributed by atoms with van der Waals surface area (Å²) in [4.78, 5) is 11.7. The molecule has 2 aromatic rings. The second-order valence-electron chi connectivity index (χ2n) is 4.63. The average molecular weight is 270 g/mol. The van der Waals surface area contributed by atoms with E-state index in [1.807, 2.05) is 49.4 Å². The number of para-hydroxylation sites is 1. The van der Waals surface area contributed by atoms with Gasteiger partial charge in [0.1, 0.15) is 0 Å². The van der Waals surface area contributed by atoms with Gasteiger partial charge in [0.05, 0.1) is 6.10 Å². The van der Waals surface area contributed by atoms with Crippen molar-refractivity contribution in [3.8, 4) is 0 Å². The Hall–Kier alpha value is -2.33. The van der Waals surface area contributed by atoms with Crippen molar-refractivity contribution in [3.63, 3.8) is 0 Å². The molecule has 1 atom stereocenters. The molecule has 2 aromatic carbocycles. The van der Waals surface area contributed by atoms with Gasteiger partial charge in [0.15, 0.2) is 0 Å². The minimum absolute atomic E-state index is 0.168. The van der Waals surface area contributed by atoms with Crippen LogP contribution in [-0.4, -0.2) is 17.7 Å². The molecular formula is C16H18N2O2. The van der Waals surface area contributed by atoms with Crippen LogP contribution < -0.4 is 10.6 Å². The Bertz CT molecular complexity index is 552. The third-order valence-corrected chi connectivity index (χ3v) is 2.95. The molecule has 0 aromatic heterocycles. The number of aliphatic hydroxyl groups excluding tert-OH is 1. The molecule has 0 saturated carbocycles. The van der Waals surface area contributed by atoms with Crippen molar-refractivity contribution >= 4 is 11.7 Å². The van der Waals surface area contributed by atoms with Crippen LogP contribution in [0.15, 0.2) is 54.6 Å². The number of nitrogens with one attached hydrogen (secondary N) is 2. The first-order valence-electron chi connectivity index (χ1n) is 6.49. The molecule has 3 N–H and O–H groups in total. The monoisotopic (exact) mass is 270 g/mol. The van der Waals surface area contributed by atoms with Crippen LogP contribution in [0.25, 0.3) is 0 Å². The van der Waals surface area contributed by atoms with Crippen molar-refractivity contribution in [3.05, 3.63) is 65.7 Å². The molecule has 0 bridgehead atoms. The molecule has 2 rings (SSSR count). The lowest BCUT2D eigenvalue weighted by molar-refractivity contribution is 0.175. The smallest absolute Gasteiger partial charge is 0.319 e. The fraction of sp³-hybridized carbons (Fsp3) is 0.188. The summed E-state index contributed by atoms with van der Waals surface area (Å²) in [6, 6.07) is 16.4. The number of carbonyl (C=O) groups excluding carboxylic acids is 1. The van der Waals surface area contributed by atoms with Crippen molar-refractivity contribution < 1.29 is 9.90 Å². The summed E-state index contributed by atoms with van der Waals surface area (Å²) in [6.07, 6.45) is -0.711. The van der Waals surface area contributed by atoms with Gasteiger partial charge in [0, 0.05) is 12.2 Å². The Morgan fingerprint density at radius 1 is 1.10 bits per heavy atom. The SMILES string of the molecule is Cc1ccc([C@H](O)CNC(=O)Nc2ccccc2)cc1. The van der Waals surface area contributed by atoms with E-state index in [-0.39, 0.29) is 12.6 Å². The van der Waals surface area contributed by atoms with E-state index in [0.29, 0.717) is 0 Å². The molecule has 0 aliphatic carbocycles. The topological polar surface area (TPSA) is 61.4 Å². The van der Waals surface area contributed by atoms with E-state index in [1.54, 1.807) is 12.1 Å². The van der Waals surface area contributed by atoms with Gasteiger partial charge < -0.3 is 15.7 Å². The molecule has 4 nitrogen and oxygen atoms in total. The number of aryl methyl sites for hydroxylation is 1. The quantitative estimate of drug-likeness (QED) is 0.800. The van der Waals surface area contributed by atoms with Gasteiger partial charge >= 0.3 is 6.03 Å². The Balaban J connectivity index is 1.82. The van der Waals surface area contributed by atoms with Crippen molar-refractivity contribution in [1.82, 2.24) is 5.32 Å². The average Bonchev–Trinajstić information content (AvgIpc) is 2.46. The lowest BCUT2D eigenvalue weighted by Crippen LogP contribution is -2.32. The first-order valence-corrected chi connectivity index (χ1v) is 6.49. The van der Waals surface area contributed by atoms with Crippen LogP contribution in [0, 0.1) is 6.92 Å². The summed E-state index contributed by atoms with van der Waals surface area (Å²) in [7, 11) is 0. The zero-order valence-electron chi connectivity index (χ0n) is 11.3. The van der Waals surface area contributed by atoms with E-state index in [0.717, 1.165) is 16.8 Å². The van der Waals surface area contributed by atoms with Crippen LogP contribution >= 0.6 is 0 Å². The van der Waals surface area contributed by atoms with Crippen LogP contribution in [0.1, 0.15) is 17.2 Å². The molecule has 0 heterocycles. The van der Waals surface area contributed by atoms with E-state index in [4.69, 9.17) is 0 Å². The van der Waals surface area contributed by atoms with Crippen LogP contribution in [0.5, 0.6) is 0 Å². The van der Waals surface area contributed by atoms with Gasteiger partial charge in [-0.1, -0.05) is 48.0 Å². The van der Waals surface area contributed by atoms with Crippen LogP contribution in [-0.2, 0) is 0 Å². The third-order valence-electron chi connectivity index (χ3n) is 2.95. The van der Waals surface area contributed by atoms with Gasteiger partial charge in [-0.2, -0.15) is 0 Å². The highest BCUT2D eigenvalue weighted by atomic mass is 16.3. The molecule has 0 saturated heterocycles. The molecule has 0 unspecified atom stereocenters. The molecule has 0 fully saturated rings. The first-order chi connectivity index (χ1) is 9.65. The highest BCUT2D eigenvalue weighted by Gasteiger charge is 2.09. The zero-order chi connectivity index (χ0) is 14.4. The summed E-state index contributed by atoms with van der Waals surface area (Å²) in [5, 5.41) is 15.3. The Morgan fingerprint density at radius 3 is 2.40 bits per heavy atom. The minimum Gasteiger partial charge on any atom is -0.387 e. The fourth-order valence-corrected chi connectivity index (χ4v) is 1.79. The lowest BCUT2D eigenvalue weighted by atomic mass is 10.1. The number of carbonyl (C=O) groups is 1. The number of rotatable bonds is 4. The van der Waals surface area contributed by atoms with Gasteiger partial charge in [0.25, 0.3) is 0 Å². The van der Waals surface area contributed by atoms with Crippen LogP contribution in [0.3, 0.4) is 0 Å². The number of anilines is 1. The normalized spacial score (nSPS) is 11.7. The van der Waals surface area contributed by atoms with Gasteiger partial charge in [-0.15, -0.1) is 0 Å². The summed E-state index contributed by atoms with van der Waals surface area (Å²) >= 11 is 0. The van der Waals surface area contributed by atoms with Gasteiger partial charge in [-0.25, -0.2) is 4.79 Å². The molecule has 0 radical (unpaired) electrons. The largest absolute Gasteiger partial charge is 0.387 e. The predicted octanol–water partition coefficient (Wildman–Crippen LogP) is 2.85. The Kier molecular flexibility index (Phi) is 4.74. The molecular weight excluding hydrogens is 252 g/mol. The van der Waals surface area contributed by atoms with Gasteiger partial charge in [0.2, 0.25) is 0 Å². The van der Waals surface area contributed by atoms with Crippen LogP contribution in [0.2, 0.25) is 0 Å². The molecule has 0 spiro atoms. The molecule has 4 heteroatoms. The maximum Gasteiger partial charge on any atom is 0.319 e. The van der Waals surface area contributed by atoms with Crippen LogP contribution in [0.4, 0.5) is 10.5 Å². The maximum absolute atomic E-state index is 11.7. The molecule has 2 amide bonds. The number of amides is 2. The van der Waals surface area contributed by atoms with Crippen molar-refractivity contribution in [2.24, 2.45) is 0 Å².